The number of anilines is 2. The number of halogens is 1. The van der Waals surface area contributed by atoms with Crippen molar-refractivity contribution in [2.75, 3.05) is 23.4 Å². The molecule has 0 saturated carbocycles. The lowest BCUT2D eigenvalue weighted by atomic mass is 10.1. The number of rotatable bonds is 1. The standard InChI is InChI=1S/C17H12BrN2O4/c18-11-2-3-13-15(8-11)23-6-5-20(13)17(22)10-1-4-14-12(7-10)19-16(21)9-24-14/h1-5,7-8H,6,9H2,(H,19,21). The van der Waals surface area contributed by atoms with E-state index in [9.17, 15) is 9.59 Å². The van der Waals surface area contributed by atoms with Crippen LogP contribution in [0.4, 0.5) is 11.4 Å². The molecule has 2 aliphatic heterocycles. The zero-order chi connectivity index (χ0) is 16.7. The number of carbonyl (C=O) groups is 2. The number of nitrogens with one attached hydrogen (secondary N) is 1. The molecule has 7 heteroatoms. The molecule has 2 heterocycles. The minimum atomic E-state index is -0.236. The number of fused-ring (bicyclic) bond motifs is 2. The van der Waals surface area contributed by atoms with E-state index in [0.29, 0.717) is 35.0 Å². The first kappa shape index (κ1) is 15.0. The Labute approximate surface area is 146 Å². The van der Waals surface area contributed by atoms with Gasteiger partial charge in [0.15, 0.2) is 6.61 Å². The van der Waals surface area contributed by atoms with Gasteiger partial charge < -0.3 is 14.8 Å². The molecule has 121 valence electrons. The van der Waals surface area contributed by atoms with Gasteiger partial charge in [0.2, 0.25) is 0 Å². The summed E-state index contributed by atoms with van der Waals surface area (Å²) in [4.78, 5) is 25.9. The molecule has 0 aliphatic carbocycles. The molecule has 24 heavy (non-hydrogen) atoms. The average Bonchev–Trinajstić information content (AvgIpc) is 2.59. The van der Waals surface area contributed by atoms with Gasteiger partial charge in [0, 0.05) is 10.0 Å². The Morgan fingerprint density at radius 1 is 1.12 bits per heavy atom. The van der Waals surface area contributed by atoms with Gasteiger partial charge in [0.1, 0.15) is 18.1 Å². The maximum absolute atomic E-state index is 12.9. The lowest BCUT2D eigenvalue weighted by Crippen LogP contribution is -2.34. The summed E-state index contributed by atoms with van der Waals surface area (Å²) >= 11 is 3.39. The summed E-state index contributed by atoms with van der Waals surface area (Å²) in [7, 11) is 0. The summed E-state index contributed by atoms with van der Waals surface area (Å²) in [6.45, 7) is 1.98. The van der Waals surface area contributed by atoms with Crippen LogP contribution >= 0.6 is 15.9 Å². The number of ether oxygens (including phenoxy) is 2. The number of amides is 2. The van der Waals surface area contributed by atoms with Gasteiger partial charge in [-0.25, -0.2) is 0 Å². The molecule has 4 rings (SSSR count). The Morgan fingerprint density at radius 2 is 2.00 bits per heavy atom. The highest BCUT2D eigenvalue weighted by Crippen LogP contribution is 2.37. The highest BCUT2D eigenvalue weighted by atomic mass is 79.9. The molecular weight excluding hydrogens is 376 g/mol. The highest BCUT2D eigenvalue weighted by molar-refractivity contribution is 9.10. The second kappa shape index (κ2) is 5.83. The van der Waals surface area contributed by atoms with Crippen molar-refractivity contribution in [2.45, 2.75) is 0 Å². The molecule has 2 aliphatic rings. The van der Waals surface area contributed by atoms with Gasteiger partial charge >= 0.3 is 0 Å². The van der Waals surface area contributed by atoms with Crippen molar-refractivity contribution < 1.29 is 19.1 Å². The molecule has 0 unspecified atom stereocenters. The van der Waals surface area contributed by atoms with Crippen LogP contribution in [-0.2, 0) is 4.79 Å². The molecule has 0 fully saturated rings. The van der Waals surface area contributed by atoms with E-state index in [4.69, 9.17) is 9.47 Å². The first-order valence-electron chi connectivity index (χ1n) is 7.28. The van der Waals surface area contributed by atoms with Crippen molar-refractivity contribution in [3.8, 4) is 11.5 Å². The molecule has 2 aromatic rings. The van der Waals surface area contributed by atoms with E-state index in [0.717, 1.165) is 4.47 Å². The van der Waals surface area contributed by atoms with E-state index in [2.05, 4.69) is 21.2 Å². The summed E-state index contributed by atoms with van der Waals surface area (Å²) in [6, 6.07) is 10.5. The van der Waals surface area contributed by atoms with Crippen LogP contribution in [-0.4, -0.2) is 25.0 Å². The molecular formula is C17H12BrN2O4. The van der Waals surface area contributed by atoms with Crippen LogP contribution in [0.3, 0.4) is 0 Å². The third-order valence-electron chi connectivity index (χ3n) is 3.76. The van der Waals surface area contributed by atoms with Crippen LogP contribution in [0.25, 0.3) is 0 Å². The Bertz CT molecular complexity index is 852. The zero-order valence-corrected chi connectivity index (χ0v) is 14.0. The van der Waals surface area contributed by atoms with Gasteiger partial charge in [-0.3, -0.25) is 14.5 Å². The lowest BCUT2D eigenvalue weighted by Gasteiger charge is -2.29. The van der Waals surface area contributed by atoms with Crippen molar-refractivity contribution in [3.05, 3.63) is 53.0 Å². The Kier molecular flexibility index (Phi) is 3.65. The highest BCUT2D eigenvalue weighted by Gasteiger charge is 2.26. The van der Waals surface area contributed by atoms with Crippen LogP contribution in [0, 0.1) is 6.54 Å². The van der Waals surface area contributed by atoms with Crippen LogP contribution < -0.4 is 19.7 Å². The summed E-state index contributed by atoms with van der Waals surface area (Å²) in [5.74, 6) is 0.751. The van der Waals surface area contributed by atoms with Crippen LogP contribution in [0.1, 0.15) is 10.4 Å². The SMILES string of the molecule is O=C1COc2ccc(C(=O)N3[CH]COc4cc(Br)ccc43)cc2N1. The van der Waals surface area contributed by atoms with Gasteiger partial charge in [0.05, 0.1) is 17.9 Å². The molecule has 2 amide bonds. The van der Waals surface area contributed by atoms with Crippen LogP contribution in [0.5, 0.6) is 11.5 Å². The molecule has 0 spiro atoms. The summed E-state index contributed by atoms with van der Waals surface area (Å²) in [5.41, 5.74) is 1.63. The van der Waals surface area contributed by atoms with Crippen LogP contribution in [0.2, 0.25) is 0 Å². The smallest absolute Gasteiger partial charge is 0.262 e. The Balaban J connectivity index is 1.68. The number of hydrogen-bond acceptors (Lipinski definition) is 4. The van der Waals surface area contributed by atoms with E-state index < -0.39 is 0 Å². The Morgan fingerprint density at radius 3 is 2.88 bits per heavy atom. The van der Waals surface area contributed by atoms with E-state index in [-0.39, 0.29) is 18.4 Å². The Hall–Kier alpha value is -2.54. The van der Waals surface area contributed by atoms with E-state index in [1.165, 1.54) is 0 Å². The number of carbonyl (C=O) groups excluding carboxylic acids is 2. The van der Waals surface area contributed by atoms with Gasteiger partial charge in [-0.2, -0.15) is 0 Å². The fraction of sp³-hybridized carbons (Fsp3) is 0.118. The predicted molar refractivity (Wildman–Crippen MR) is 91.3 cm³/mol. The summed E-state index contributed by atoms with van der Waals surface area (Å²) < 4.78 is 11.8. The predicted octanol–water partition coefficient (Wildman–Crippen LogP) is 2.98. The maximum atomic E-state index is 12.9. The molecule has 0 bridgehead atoms. The molecule has 1 N–H and O–H groups in total. The monoisotopic (exact) mass is 387 g/mol. The second-order valence-electron chi connectivity index (χ2n) is 5.33. The molecule has 0 saturated heterocycles. The fourth-order valence-corrected chi connectivity index (χ4v) is 2.99. The normalized spacial score (nSPS) is 15.5. The third-order valence-corrected chi connectivity index (χ3v) is 4.25. The molecule has 0 aromatic heterocycles. The number of hydrogen-bond donors (Lipinski definition) is 1. The molecule has 0 atom stereocenters. The van der Waals surface area contributed by atoms with Crippen molar-refractivity contribution in [1.82, 2.24) is 0 Å². The van der Waals surface area contributed by atoms with E-state index in [1.807, 2.05) is 18.2 Å². The van der Waals surface area contributed by atoms with Crippen molar-refractivity contribution in [1.29, 1.82) is 0 Å². The summed E-state index contributed by atoms with van der Waals surface area (Å²) in [5, 5.41) is 2.71. The van der Waals surface area contributed by atoms with E-state index >= 15 is 0 Å². The van der Waals surface area contributed by atoms with Gasteiger partial charge in [-0.1, -0.05) is 15.9 Å². The van der Waals surface area contributed by atoms with Crippen LogP contribution in [0.15, 0.2) is 40.9 Å². The first-order valence-corrected chi connectivity index (χ1v) is 8.07. The molecule has 2 aromatic carbocycles. The molecule has 6 nitrogen and oxygen atoms in total. The topological polar surface area (TPSA) is 67.9 Å². The lowest BCUT2D eigenvalue weighted by molar-refractivity contribution is -0.118. The third kappa shape index (κ3) is 2.60. The maximum Gasteiger partial charge on any atom is 0.262 e. The average molecular weight is 388 g/mol. The van der Waals surface area contributed by atoms with Crippen molar-refractivity contribution >= 4 is 39.1 Å². The van der Waals surface area contributed by atoms with Crippen molar-refractivity contribution in [2.24, 2.45) is 0 Å². The second-order valence-corrected chi connectivity index (χ2v) is 6.24. The van der Waals surface area contributed by atoms with Crippen molar-refractivity contribution in [3.63, 3.8) is 0 Å². The summed E-state index contributed by atoms with van der Waals surface area (Å²) in [6.07, 6.45) is 0. The minimum absolute atomic E-state index is 0.0141. The van der Waals surface area contributed by atoms with Gasteiger partial charge in [-0.05, 0) is 36.4 Å². The van der Waals surface area contributed by atoms with E-state index in [1.54, 1.807) is 29.6 Å². The zero-order valence-electron chi connectivity index (χ0n) is 12.4. The number of benzene rings is 2. The van der Waals surface area contributed by atoms with Gasteiger partial charge in [0.25, 0.3) is 11.8 Å². The fourth-order valence-electron chi connectivity index (χ4n) is 2.65. The quantitative estimate of drug-likeness (QED) is 0.816. The minimum Gasteiger partial charge on any atom is -0.489 e. The first-order chi connectivity index (χ1) is 11.6. The number of nitrogens with zero attached hydrogens (tertiary/aromatic N) is 1. The molecule has 1 radical (unpaired) electrons. The van der Waals surface area contributed by atoms with Gasteiger partial charge in [-0.15, -0.1) is 0 Å². The largest absolute Gasteiger partial charge is 0.489 e.